The van der Waals surface area contributed by atoms with E-state index in [9.17, 15) is 0 Å². The molecule has 3 N–H and O–H groups in total. The maximum atomic E-state index is 9.07. The fourth-order valence-electron chi connectivity index (χ4n) is 2.02. The first kappa shape index (κ1) is 14.9. The van der Waals surface area contributed by atoms with Crippen LogP contribution >= 0.6 is 0 Å². The minimum absolute atomic E-state index is 0.0555. The van der Waals surface area contributed by atoms with Gasteiger partial charge < -0.3 is 10.8 Å². The van der Waals surface area contributed by atoms with Gasteiger partial charge in [0.15, 0.2) is 0 Å². The fourth-order valence-corrected chi connectivity index (χ4v) is 2.02. The Morgan fingerprint density at radius 2 is 2.00 bits per heavy atom. The van der Waals surface area contributed by atoms with Gasteiger partial charge in [0, 0.05) is 6.04 Å². The second-order valence-corrected chi connectivity index (χ2v) is 4.82. The van der Waals surface area contributed by atoms with Crippen LogP contribution in [0, 0.1) is 0 Å². The molecule has 0 saturated heterocycles. The summed E-state index contributed by atoms with van der Waals surface area (Å²) in [5.41, 5.74) is 8.40. The van der Waals surface area contributed by atoms with Crippen LogP contribution < -0.4 is 5.73 Å². The number of aliphatic hydroxyl groups is 1. The molecule has 18 heavy (non-hydrogen) atoms. The van der Waals surface area contributed by atoms with Gasteiger partial charge in [0.25, 0.3) is 0 Å². The van der Waals surface area contributed by atoms with E-state index >= 15 is 0 Å². The van der Waals surface area contributed by atoms with Gasteiger partial charge in [0.05, 0.1) is 6.61 Å². The number of unbranched alkanes of at least 4 members (excludes halogenated alkanes) is 2. The standard InChI is InChI=1S/C16H25NO/c1-2-3-5-10-15(12-16(17)13-18)11-14-8-6-4-7-9-14/h4,6-9,11,16,18H,2-3,5,10,12-13,17H2,1H3/b15-11+. The maximum absolute atomic E-state index is 9.07. The quantitative estimate of drug-likeness (QED) is 0.692. The van der Waals surface area contributed by atoms with Crippen LogP contribution in [0.2, 0.25) is 0 Å². The molecule has 1 atom stereocenters. The molecule has 0 aliphatic carbocycles. The monoisotopic (exact) mass is 247 g/mol. The van der Waals surface area contributed by atoms with Crippen molar-refractivity contribution < 1.29 is 5.11 Å². The predicted molar refractivity (Wildman–Crippen MR) is 78.2 cm³/mol. The Balaban J connectivity index is 2.66. The molecule has 100 valence electrons. The van der Waals surface area contributed by atoms with Gasteiger partial charge in [-0.05, 0) is 24.8 Å². The van der Waals surface area contributed by atoms with Crippen LogP contribution in [0.5, 0.6) is 0 Å². The van der Waals surface area contributed by atoms with E-state index in [-0.39, 0.29) is 12.6 Å². The molecule has 0 spiro atoms. The third-order valence-corrected chi connectivity index (χ3v) is 3.03. The predicted octanol–water partition coefficient (Wildman–Crippen LogP) is 3.36. The van der Waals surface area contributed by atoms with E-state index in [1.165, 1.54) is 30.4 Å². The summed E-state index contributed by atoms with van der Waals surface area (Å²) in [4.78, 5) is 0. The number of hydrogen-bond acceptors (Lipinski definition) is 2. The summed E-state index contributed by atoms with van der Waals surface area (Å²) in [7, 11) is 0. The Bertz CT molecular complexity index is 345. The molecule has 0 saturated carbocycles. The molecule has 0 aromatic heterocycles. The molecular weight excluding hydrogens is 222 g/mol. The van der Waals surface area contributed by atoms with Gasteiger partial charge in [-0.15, -0.1) is 0 Å². The Labute approximate surface area is 111 Å². The lowest BCUT2D eigenvalue weighted by molar-refractivity contribution is 0.264. The number of rotatable bonds is 8. The second-order valence-electron chi connectivity index (χ2n) is 4.82. The number of benzene rings is 1. The first-order valence-corrected chi connectivity index (χ1v) is 6.87. The second kappa shape index (κ2) is 8.90. The summed E-state index contributed by atoms with van der Waals surface area (Å²) in [6, 6.07) is 10.2. The van der Waals surface area contributed by atoms with Crippen LogP contribution in [0.25, 0.3) is 6.08 Å². The Morgan fingerprint density at radius 3 is 2.61 bits per heavy atom. The van der Waals surface area contributed by atoms with E-state index in [1.54, 1.807) is 0 Å². The molecule has 1 aromatic carbocycles. The van der Waals surface area contributed by atoms with Crippen molar-refractivity contribution in [1.29, 1.82) is 0 Å². The fraction of sp³-hybridized carbons (Fsp3) is 0.500. The van der Waals surface area contributed by atoms with E-state index < -0.39 is 0 Å². The summed E-state index contributed by atoms with van der Waals surface area (Å²) in [6.07, 6.45) is 7.76. The smallest absolute Gasteiger partial charge is 0.0585 e. The lowest BCUT2D eigenvalue weighted by atomic mass is 9.98. The Kier molecular flexibility index (Phi) is 7.38. The highest BCUT2D eigenvalue weighted by Crippen LogP contribution is 2.18. The molecule has 0 radical (unpaired) electrons. The van der Waals surface area contributed by atoms with E-state index in [0.717, 1.165) is 12.8 Å². The van der Waals surface area contributed by atoms with Crippen LogP contribution in [-0.4, -0.2) is 17.8 Å². The van der Waals surface area contributed by atoms with Gasteiger partial charge in [-0.3, -0.25) is 0 Å². The van der Waals surface area contributed by atoms with Gasteiger partial charge in [-0.2, -0.15) is 0 Å². The molecule has 0 bridgehead atoms. The van der Waals surface area contributed by atoms with Crippen molar-refractivity contribution in [3.63, 3.8) is 0 Å². The molecule has 0 heterocycles. The lowest BCUT2D eigenvalue weighted by Crippen LogP contribution is -2.24. The van der Waals surface area contributed by atoms with Crippen LogP contribution in [0.3, 0.4) is 0 Å². The summed E-state index contributed by atoms with van der Waals surface area (Å²) >= 11 is 0. The highest BCUT2D eigenvalue weighted by atomic mass is 16.3. The SMILES string of the molecule is CCCCC/C(=C\c1ccccc1)CC(N)CO. The topological polar surface area (TPSA) is 46.2 Å². The normalized spacial score (nSPS) is 13.6. The Morgan fingerprint density at radius 1 is 1.28 bits per heavy atom. The summed E-state index contributed by atoms with van der Waals surface area (Å²) < 4.78 is 0. The van der Waals surface area contributed by atoms with Crippen molar-refractivity contribution >= 4 is 6.08 Å². The molecule has 1 unspecified atom stereocenters. The highest BCUT2D eigenvalue weighted by Gasteiger charge is 2.05. The van der Waals surface area contributed by atoms with Crippen molar-refractivity contribution in [2.75, 3.05) is 6.61 Å². The minimum atomic E-state index is -0.137. The van der Waals surface area contributed by atoms with E-state index in [1.807, 2.05) is 18.2 Å². The molecule has 2 nitrogen and oxygen atoms in total. The van der Waals surface area contributed by atoms with Crippen molar-refractivity contribution in [1.82, 2.24) is 0 Å². The van der Waals surface area contributed by atoms with Crippen LogP contribution in [0.4, 0.5) is 0 Å². The summed E-state index contributed by atoms with van der Waals surface area (Å²) in [5, 5.41) is 9.07. The maximum Gasteiger partial charge on any atom is 0.0585 e. The van der Waals surface area contributed by atoms with Gasteiger partial charge in [-0.1, -0.05) is 61.7 Å². The third kappa shape index (κ3) is 5.99. The first-order chi connectivity index (χ1) is 8.76. The van der Waals surface area contributed by atoms with Gasteiger partial charge in [-0.25, -0.2) is 0 Å². The van der Waals surface area contributed by atoms with Crippen LogP contribution in [-0.2, 0) is 0 Å². The van der Waals surface area contributed by atoms with Gasteiger partial charge in [0.2, 0.25) is 0 Å². The van der Waals surface area contributed by atoms with Crippen molar-refractivity contribution in [2.24, 2.45) is 5.73 Å². The molecule has 0 aliphatic rings. The molecule has 0 amide bonds. The van der Waals surface area contributed by atoms with Crippen molar-refractivity contribution in [2.45, 2.75) is 45.1 Å². The van der Waals surface area contributed by atoms with E-state index in [4.69, 9.17) is 10.8 Å². The first-order valence-electron chi connectivity index (χ1n) is 6.87. The Hall–Kier alpha value is -1.12. The van der Waals surface area contributed by atoms with E-state index in [2.05, 4.69) is 25.1 Å². The third-order valence-electron chi connectivity index (χ3n) is 3.03. The average molecular weight is 247 g/mol. The van der Waals surface area contributed by atoms with Crippen molar-refractivity contribution in [3.8, 4) is 0 Å². The van der Waals surface area contributed by atoms with Crippen molar-refractivity contribution in [3.05, 3.63) is 41.5 Å². The highest BCUT2D eigenvalue weighted by molar-refractivity contribution is 5.52. The van der Waals surface area contributed by atoms with E-state index in [0.29, 0.717) is 0 Å². The zero-order chi connectivity index (χ0) is 13.2. The van der Waals surface area contributed by atoms with Gasteiger partial charge >= 0.3 is 0 Å². The zero-order valence-corrected chi connectivity index (χ0v) is 11.3. The molecule has 2 heteroatoms. The number of aliphatic hydroxyl groups excluding tert-OH is 1. The number of nitrogens with two attached hydrogens (primary N) is 1. The lowest BCUT2D eigenvalue weighted by Gasteiger charge is -2.12. The summed E-state index contributed by atoms with van der Waals surface area (Å²) in [6.45, 7) is 2.26. The average Bonchev–Trinajstić information content (AvgIpc) is 2.40. The molecule has 0 fully saturated rings. The molecule has 1 aromatic rings. The van der Waals surface area contributed by atoms with Gasteiger partial charge in [0.1, 0.15) is 0 Å². The molecular formula is C16H25NO. The van der Waals surface area contributed by atoms with Crippen LogP contribution in [0.1, 0.15) is 44.6 Å². The zero-order valence-electron chi connectivity index (χ0n) is 11.3. The van der Waals surface area contributed by atoms with Crippen LogP contribution in [0.15, 0.2) is 35.9 Å². The largest absolute Gasteiger partial charge is 0.395 e. The minimum Gasteiger partial charge on any atom is -0.395 e. The molecule has 1 rings (SSSR count). The summed E-state index contributed by atoms with van der Waals surface area (Å²) in [5.74, 6) is 0. The molecule has 0 aliphatic heterocycles. The number of hydrogen-bond donors (Lipinski definition) is 2.